The molecule has 2 rings (SSSR count). The lowest BCUT2D eigenvalue weighted by Gasteiger charge is -2.19. The van der Waals surface area contributed by atoms with E-state index in [4.69, 9.17) is 5.11 Å². The van der Waals surface area contributed by atoms with Crippen LogP contribution >= 0.6 is 11.8 Å². The standard InChI is InChI=1S/C13H17NO2S/c1-17-12-6-2-10(3-7-12)8-14(9-13(15)16)11-4-5-11/h2-3,6-7,11H,4-5,8-9H2,1H3,(H,15,16). The van der Waals surface area contributed by atoms with Crippen LogP contribution in [0.1, 0.15) is 18.4 Å². The fourth-order valence-corrected chi connectivity index (χ4v) is 2.30. The SMILES string of the molecule is CSc1ccc(CN(CC(=O)O)C2CC2)cc1. The highest BCUT2D eigenvalue weighted by molar-refractivity contribution is 7.98. The Bertz CT molecular complexity index is 387. The summed E-state index contributed by atoms with van der Waals surface area (Å²) in [5, 5.41) is 8.88. The molecule has 0 saturated heterocycles. The van der Waals surface area contributed by atoms with E-state index in [0.717, 1.165) is 19.4 Å². The summed E-state index contributed by atoms with van der Waals surface area (Å²) in [5.41, 5.74) is 1.19. The van der Waals surface area contributed by atoms with Gasteiger partial charge < -0.3 is 5.11 Å². The third kappa shape index (κ3) is 3.75. The number of nitrogens with zero attached hydrogens (tertiary/aromatic N) is 1. The van der Waals surface area contributed by atoms with Gasteiger partial charge in [-0.2, -0.15) is 0 Å². The normalized spacial score (nSPS) is 15.2. The first kappa shape index (κ1) is 12.5. The van der Waals surface area contributed by atoms with Crippen LogP contribution < -0.4 is 0 Å². The van der Waals surface area contributed by atoms with Crippen LogP contribution in [0.5, 0.6) is 0 Å². The molecule has 0 spiro atoms. The Balaban J connectivity index is 1.98. The van der Waals surface area contributed by atoms with Crippen molar-refractivity contribution >= 4 is 17.7 Å². The lowest BCUT2D eigenvalue weighted by molar-refractivity contribution is -0.138. The number of carboxylic acid groups (broad SMARTS) is 1. The van der Waals surface area contributed by atoms with E-state index >= 15 is 0 Å². The van der Waals surface area contributed by atoms with Gasteiger partial charge in [0.1, 0.15) is 0 Å². The number of hydrogen-bond acceptors (Lipinski definition) is 3. The van der Waals surface area contributed by atoms with Gasteiger partial charge in [0.05, 0.1) is 6.54 Å². The minimum absolute atomic E-state index is 0.148. The van der Waals surface area contributed by atoms with Gasteiger partial charge in [-0.1, -0.05) is 12.1 Å². The van der Waals surface area contributed by atoms with E-state index in [0.29, 0.717) is 6.04 Å². The Hall–Kier alpha value is -1.00. The van der Waals surface area contributed by atoms with Crippen molar-refractivity contribution in [3.63, 3.8) is 0 Å². The summed E-state index contributed by atoms with van der Waals surface area (Å²) in [7, 11) is 0. The second-order valence-electron chi connectivity index (χ2n) is 4.38. The molecule has 0 atom stereocenters. The highest BCUT2D eigenvalue weighted by Crippen LogP contribution is 2.28. The van der Waals surface area contributed by atoms with Crippen molar-refractivity contribution in [3.8, 4) is 0 Å². The number of thioether (sulfide) groups is 1. The number of carbonyl (C=O) groups is 1. The zero-order valence-corrected chi connectivity index (χ0v) is 10.7. The summed E-state index contributed by atoms with van der Waals surface area (Å²) < 4.78 is 0. The molecule has 0 heterocycles. The molecule has 1 aromatic rings. The number of benzene rings is 1. The van der Waals surface area contributed by atoms with Gasteiger partial charge in [-0.15, -0.1) is 11.8 Å². The number of carboxylic acids is 1. The van der Waals surface area contributed by atoms with Gasteiger partial charge in [-0.25, -0.2) is 0 Å². The van der Waals surface area contributed by atoms with E-state index < -0.39 is 5.97 Å². The summed E-state index contributed by atoms with van der Waals surface area (Å²) >= 11 is 1.72. The quantitative estimate of drug-likeness (QED) is 0.788. The van der Waals surface area contributed by atoms with Crippen LogP contribution in [0.25, 0.3) is 0 Å². The second-order valence-corrected chi connectivity index (χ2v) is 5.26. The Labute approximate surface area is 106 Å². The van der Waals surface area contributed by atoms with Crippen LogP contribution in [-0.4, -0.2) is 34.8 Å². The molecule has 0 bridgehead atoms. The Morgan fingerprint density at radius 1 is 1.41 bits per heavy atom. The minimum Gasteiger partial charge on any atom is -0.480 e. The summed E-state index contributed by atoms with van der Waals surface area (Å²) in [6.45, 7) is 0.889. The highest BCUT2D eigenvalue weighted by atomic mass is 32.2. The fraction of sp³-hybridized carbons (Fsp3) is 0.462. The van der Waals surface area contributed by atoms with Gasteiger partial charge in [0.15, 0.2) is 0 Å². The molecule has 0 aliphatic heterocycles. The van der Waals surface area contributed by atoms with Crippen LogP contribution in [0.3, 0.4) is 0 Å². The van der Waals surface area contributed by atoms with Crippen LogP contribution in [0.2, 0.25) is 0 Å². The van der Waals surface area contributed by atoms with Crippen LogP contribution in [0.4, 0.5) is 0 Å². The summed E-state index contributed by atoms with van der Waals surface area (Å²) in [6, 6.07) is 8.83. The molecule has 4 heteroatoms. The van der Waals surface area contributed by atoms with Crippen molar-refractivity contribution in [2.24, 2.45) is 0 Å². The van der Waals surface area contributed by atoms with Crippen molar-refractivity contribution in [3.05, 3.63) is 29.8 Å². The molecule has 3 nitrogen and oxygen atoms in total. The Kier molecular flexibility index (Phi) is 4.07. The maximum atomic E-state index is 10.8. The predicted octanol–water partition coefficient (Wildman–Crippen LogP) is 2.46. The van der Waals surface area contributed by atoms with Crippen molar-refractivity contribution in [1.29, 1.82) is 0 Å². The molecule has 0 amide bonds. The van der Waals surface area contributed by atoms with E-state index in [2.05, 4.69) is 35.4 Å². The van der Waals surface area contributed by atoms with E-state index in [-0.39, 0.29) is 6.54 Å². The number of hydrogen-bond donors (Lipinski definition) is 1. The molecule has 1 aliphatic rings. The first-order valence-electron chi connectivity index (χ1n) is 5.78. The zero-order valence-electron chi connectivity index (χ0n) is 9.93. The van der Waals surface area contributed by atoms with E-state index in [1.807, 2.05) is 0 Å². The molecule has 1 aliphatic carbocycles. The van der Waals surface area contributed by atoms with E-state index in [9.17, 15) is 4.79 Å². The van der Waals surface area contributed by atoms with Crippen molar-refractivity contribution < 1.29 is 9.90 Å². The highest BCUT2D eigenvalue weighted by Gasteiger charge is 2.30. The van der Waals surface area contributed by atoms with E-state index in [1.165, 1.54) is 10.5 Å². The van der Waals surface area contributed by atoms with Crippen LogP contribution in [0, 0.1) is 0 Å². The average Bonchev–Trinajstić information content (AvgIpc) is 3.12. The maximum Gasteiger partial charge on any atom is 0.317 e. The molecule has 0 unspecified atom stereocenters. The zero-order chi connectivity index (χ0) is 12.3. The maximum absolute atomic E-state index is 10.8. The Morgan fingerprint density at radius 2 is 2.06 bits per heavy atom. The molecular weight excluding hydrogens is 234 g/mol. The van der Waals surface area contributed by atoms with Gasteiger partial charge >= 0.3 is 5.97 Å². The molecule has 0 radical (unpaired) electrons. The fourth-order valence-electron chi connectivity index (χ4n) is 1.89. The molecule has 92 valence electrons. The lowest BCUT2D eigenvalue weighted by atomic mass is 10.2. The minimum atomic E-state index is -0.738. The van der Waals surface area contributed by atoms with Crippen molar-refractivity contribution in [2.45, 2.75) is 30.3 Å². The van der Waals surface area contributed by atoms with Gasteiger partial charge in [-0.3, -0.25) is 9.69 Å². The monoisotopic (exact) mass is 251 g/mol. The summed E-state index contributed by atoms with van der Waals surface area (Å²) in [5.74, 6) is -0.738. The smallest absolute Gasteiger partial charge is 0.317 e. The molecule has 1 aromatic carbocycles. The first-order chi connectivity index (χ1) is 8.19. The molecule has 1 N–H and O–H groups in total. The molecule has 17 heavy (non-hydrogen) atoms. The molecule has 1 fully saturated rings. The van der Waals surface area contributed by atoms with Gasteiger partial charge in [0, 0.05) is 17.5 Å². The largest absolute Gasteiger partial charge is 0.480 e. The molecular formula is C13H17NO2S. The molecule has 1 saturated carbocycles. The van der Waals surface area contributed by atoms with Crippen LogP contribution in [0.15, 0.2) is 29.2 Å². The van der Waals surface area contributed by atoms with Crippen molar-refractivity contribution in [1.82, 2.24) is 4.90 Å². The third-order valence-corrected chi connectivity index (χ3v) is 3.69. The van der Waals surface area contributed by atoms with Gasteiger partial charge in [-0.05, 0) is 36.8 Å². The average molecular weight is 251 g/mol. The first-order valence-corrected chi connectivity index (χ1v) is 7.00. The summed E-state index contributed by atoms with van der Waals surface area (Å²) in [6.07, 6.45) is 4.32. The topological polar surface area (TPSA) is 40.5 Å². The predicted molar refractivity (Wildman–Crippen MR) is 69.3 cm³/mol. The van der Waals surface area contributed by atoms with Crippen LogP contribution in [-0.2, 0) is 11.3 Å². The third-order valence-electron chi connectivity index (χ3n) is 2.95. The number of rotatable bonds is 6. The lowest BCUT2D eigenvalue weighted by Crippen LogP contribution is -2.31. The molecule has 0 aromatic heterocycles. The van der Waals surface area contributed by atoms with Gasteiger partial charge in [0.25, 0.3) is 0 Å². The summed E-state index contributed by atoms with van der Waals surface area (Å²) in [4.78, 5) is 14.1. The number of aliphatic carboxylic acids is 1. The van der Waals surface area contributed by atoms with Gasteiger partial charge in [0.2, 0.25) is 0 Å². The second kappa shape index (κ2) is 5.56. The van der Waals surface area contributed by atoms with Crippen molar-refractivity contribution in [2.75, 3.05) is 12.8 Å². The van der Waals surface area contributed by atoms with E-state index in [1.54, 1.807) is 11.8 Å². The Morgan fingerprint density at radius 3 is 2.53 bits per heavy atom.